The van der Waals surface area contributed by atoms with Crippen LogP contribution in [-0.2, 0) is 0 Å². The van der Waals surface area contributed by atoms with Gasteiger partial charge in [-0.3, -0.25) is 4.79 Å². The van der Waals surface area contributed by atoms with E-state index in [4.69, 9.17) is 11.6 Å². The number of carbonyl (C=O) groups excluding carboxylic acids is 1. The summed E-state index contributed by atoms with van der Waals surface area (Å²) in [5.74, 6) is 0.608. The normalized spacial score (nSPS) is 10.9. The Balaban J connectivity index is 1.56. The van der Waals surface area contributed by atoms with Crippen LogP contribution in [0.5, 0.6) is 0 Å². The molecule has 5 heteroatoms. The van der Waals surface area contributed by atoms with Gasteiger partial charge in [0, 0.05) is 21.8 Å². The van der Waals surface area contributed by atoms with Gasteiger partial charge in [-0.2, -0.15) is 0 Å². The van der Waals surface area contributed by atoms with Crippen molar-refractivity contribution >= 4 is 34.2 Å². The number of fused-ring (bicyclic) bond motifs is 1. The van der Waals surface area contributed by atoms with E-state index in [-0.39, 0.29) is 5.91 Å². The number of anilines is 1. The molecule has 0 atom stereocenters. The van der Waals surface area contributed by atoms with E-state index in [9.17, 15) is 4.79 Å². The topological polar surface area (TPSA) is 57.8 Å². The molecule has 1 aromatic heterocycles. The lowest BCUT2D eigenvalue weighted by Gasteiger charge is -2.08. The minimum Gasteiger partial charge on any atom is -0.338 e. The number of aromatic amines is 1. The van der Waals surface area contributed by atoms with Crippen LogP contribution in [-0.4, -0.2) is 15.9 Å². The summed E-state index contributed by atoms with van der Waals surface area (Å²) in [5.41, 5.74) is 6.27. The van der Waals surface area contributed by atoms with Crippen LogP contribution < -0.4 is 5.32 Å². The molecule has 0 aliphatic carbocycles. The van der Waals surface area contributed by atoms with Crippen molar-refractivity contribution in [1.82, 2.24) is 9.97 Å². The van der Waals surface area contributed by atoms with Crippen LogP contribution in [0.25, 0.3) is 22.4 Å². The van der Waals surface area contributed by atoms with E-state index in [1.807, 2.05) is 56.3 Å². The molecule has 0 aliphatic rings. The summed E-state index contributed by atoms with van der Waals surface area (Å²) in [5, 5.41) is 3.61. The average Bonchev–Trinajstić information content (AvgIpc) is 3.04. The fourth-order valence-electron chi connectivity index (χ4n) is 3.15. The SMILES string of the molecule is Cc1cc(C)cc(NC(=O)c2ccc(-c3nc4ccc(Cl)cc4[nH]3)cc2)c1. The first-order chi connectivity index (χ1) is 13.0. The lowest BCUT2D eigenvalue weighted by molar-refractivity contribution is 0.102. The van der Waals surface area contributed by atoms with Crippen LogP contribution in [0, 0.1) is 13.8 Å². The molecular weight excluding hydrogens is 358 g/mol. The lowest BCUT2D eigenvalue weighted by atomic mass is 10.1. The van der Waals surface area contributed by atoms with E-state index in [0.29, 0.717) is 10.6 Å². The fourth-order valence-corrected chi connectivity index (χ4v) is 3.32. The van der Waals surface area contributed by atoms with E-state index >= 15 is 0 Å². The highest BCUT2D eigenvalue weighted by atomic mass is 35.5. The van der Waals surface area contributed by atoms with Crippen molar-refractivity contribution in [2.24, 2.45) is 0 Å². The van der Waals surface area contributed by atoms with E-state index in [0.717, 1.165) is 39.2 Å². The lowest BCUT2D eigenvalue weighted by Crippen LogP contribution is -2.12. The molecule has 0 spiro atoms. The highest BCUT2D eigenvalue weighted by Crippen LogP contribution is 2.23. The molecule has 0 unspecified atom stereocenters. The molecule has 4 aromatic rings. The fraction of sp³-hybridized carbons (Fsp3) is 0.0909. The Hall–Kier alpha value is -3.11. The largest absolute Gasteiger partial charge is 0.338 e. The monoisotopic (exact) mass is 375 g/mol. The van der Waals surface area contributed by atoms with E-state index in [1.165, 1.54) is 0 Å². The first-order valence-corrected chi connectivity index (χ1v) is 9.01. The molecule has 0 bridgehead atoms. The molecule has 0 radical (unpaired) electrons. The van der Waals surface area contributed by atoms with Gasteiger partial charge < -0.3 is 10.3 Å². The molecule has 1 amide bonds. The van der Waals surface area contributed by atoms with Crippen LogP contribution in [0.4, 0.5) is 5.69 Å². The number of carbonyl (C=O) groups is 1. The van der Waals surface area contributed by atoms with E-state index in [2.05, 4.69) is 21.4 Å². The second-order valence-corrected chi connectivity index (χ2v) is 7.09. The van der Waals surface area contributed by atoms with Crippen LogP contribution in [0.15, 0.2) is 60.7 Å². The number of rotatable bonds is 3. The number of H-pyrrole nitrogens is 1. The second-order valence-electron chi connectivity index (χ2n) is 6.65. The van der Waals surface area contributed by atoms with Gasteiger partial charge in [0.05, 0.1) is 11.0 Å². The predicted octanol–water partition coefficient (Wildman–Crippen LogP) is 5.75. The van der Waals surface area contributed by atoms with Crippen LogP contribution in [0.1, 0.15) is 21.5 Å². The summed E-state index contributed by atoms with van der Waals surface area (Å²) in [7, 11) is 0. The smallest absolute Gasteiger partial charge is 0.255 e. The van der Waals surface area contributed by atoms with Gasteiger partial charge in [0.1, 0.15) is 5.82 Å². The number of hydrogen-bond donors (Lipinski definition) is 2. The third kappa shape index (κ3) is 3.71. The van der Waals surface area contributed by atoms with Gasteiger partial charge in [0.2, 0.25) is 0 Å². The first-order valence-electron chi connectivity index (χ1n) is 8.63. The molecule has 0 saturated carbocycles. The molecule has 0 saturated heterocycles. The second kappa shape index (κ2) is 6.89. The number of hydrogen-bond acceptors (Lipinski definition) is 2. The molecule has 4 nitrogen and oxygen atoms in total. The number of aryl methyl sites for hydroxylation is 2. The highest BCUT2D eigenvalue weighted by molar-refractivity contribution is 6.31. The van der Waals surface area contributed by atoms with Crippen LogP contribution >= 0.6 is 11.6 Å². The zero-order valence-electron chi connectivity index (χ0n) is 15.0. The molecule has 3 aromatic carbocycles. The summed E-state index contributed by atoms with van der Waals surface area (Å²) in [6.07, 6.45) is 0. The van der Waals surface area contributed by atoms with Crippen molar-refractivity contribution in [2.75, 3.05) is 5.32 Å². The molecule has 134 valence electrons. The minimum absolute atomic E-state index is 0.136. The molecule has 1 heterocycles. The number of nitrogens with one attached hydrogen (secondary N) is 2. The zero-order valence-corrected chi connectivity index (χ0v) is 15.8. The quantitative estimate of drug-likeness (QED) is 0.478. The summed E-state index contributed by atoms with van der Waals surface area (Å²) in [6, 6.07) is 18.9. The van der Waals surface area contributed by atoms with Crippen molar-refractivity contribution in [3.63, 3.8) is 0 Å². The third-order valence-electron chi connectivity index (χ3n) is 4.34. The molecular formula is C22H18ClN3O. The van der Waals surface area contributed by atoms with Gasteiger partial charge in [-0.1, -0.05) is 29.8 Å². The van der Waals surface area contributed by atoms with Crippen molar-refractivity contribution in [2.45, 2.75) is 13.8 Å². The van der Waals surface area contributed by atoms with Crippen molar-refractivity contribution in [3.05, 3.63) is 82.4 Å². The minimum atomic E-state index is -0.136. The predicted molar refractivity (Wildman–Crippen MR) is 110 cm³/mol. The van der Waals surface area contributed by atoms with Crippen LogP contribution in [0.3, 0.4) is 0 Å². The number of imidazole rings is 1. The Morgan fingerprint density at radius 1 is 0.963 bits per heavy atom. The van der Waals surface area contributed by atoms with E-state index in [1.54, 1.807) is 12.1 Å². The number of nitrogens with zero attached hydrogens (tertiary/aromatic N) is 1. The summed E-state index contributed by atoms with van der Waals surface area (Å²) in [4.78, 5) is 20.3. The van der Waals surface area contributed by atoms with Crippen molar-refractivity contribution in [1.29, 1.82) is 0 Å². The standard InChI is InChI=1S/C22H18ClN3O/c1-13-9-14(2)11-18(10-13)24-22(27)16-5-3-15(4-6-16)21-25-19-8-7-17(23)12-20(19)26-21/h3-12H,1-2H3,(H,24,27)(H,25,26). The molecule has 2 N–H and O–H groups in total. The Labute approximate surface area is 162 Å². The maximum absolute atomic E-state index is 12.5. The third-order valence-corrected chi connectivity index (χ3v) is 4.58. The Bertz CT molecular complexity index is 1130. The van der Waals surface area contributed by atoms with Gasteiger partial charge in [-0.15, -0.1) is 0 Å². The van der Waals surface area contributed by atoms with E-state index < -0.39 is 0 Å². The van der Waals surface area contributed by atoms with Crippen molar-refractivity contribution in [3.8, 4) is 11.4 Å². The van der Waals surface area contributed by atoms with Gasteiger partial charge in [0.25, 0.3) is 5.91 Å². The van der Waals surface area contributed by atoms with Crippen LogP contribution in [0.2, 0.25) is 5.02 Å². The Morgan fingerprint density at radius 2 is 1.67 bits per heavy atom. The number of aromatic nitrogens is 2. The van der Waals surface area contributed by atoms with Gasteiger partial charge in [-0.25, -0.2) is 4.98 Å². The Morgan fingerprint density at radius 3 is 2.37 bits per heavy atom. The molecule has 27 heavy (non-hydrogen) atoms. The summed E-state index contributed by atoms with van der Waals surface area (Å²) in [6.45, 7) is 4.02. The van der Waals surface area contributed by atoms with Gasteiger partial charge in [-0.05, 0) is 67.4 Å². The summed E-state index contributed by atoms with van der Waals surface area (Å²) >= 11 is 6.02. The maximum Gasteiger partial charge on any atom is 0.255 e. The molecule has 0 fully saturated rings. The first kappa shape index (κ1) is 17.3. The summed E-state index contributed by atoms with van der Waals surface area (Å²) < 4.78 is 0. The average molecular weight is 376 g/mol. The van der Waals surface area contributed by atoms with Gasteiger partial charge in [0.15, 0.2) is 0 Å². The molecule has 0 aliphatic heterocycles. The highest BCUT2D eigenvalue weighted by Gasteiger charge is 2.09. The number of benzene rings is 3. The maximum atomic E-state index is 12.5. The zero-order chi connectivity index (χ0) is 19.0. The molecule has 4 rings (SSSR count). The van der Waals surface area contributed by atoms with Crippen molar-refractivity contribution < 1.29 is 4.79 Å². The Kier molecular flexibility index (Phi) is 4.42. The number of amides is 1. The van der Waals surface area contributed by atoms with Gasteiger partial charge >= 0.3 is 0 Å². The number of halogens is 1.